The van der Waals surface area contributed by atoms with Crippen molar-refractivity contribution in [2.45, 2.75) is 49.6 Å². The lowest BCUT2D eigenvalue weighted by atomic mass is 9.62. The molecule has 3 saturated carbocycles. The Morgan fingerprint density at radius 1 is 1.17 bits per heavy atom. The molecule has 0 aliphatic heterocycles. The number of nitrogens with two attached hydrogens (primary N) is 1. The first-order valence-corrected chi connectivity index (χ1v) is 10.3. The minimum absolute atomic E-state index is 0.0778. The molecule has 0 heterocycles. The molecule has 4 rings (SSSR count). The number of rotatable bonds is 4. The van der Waals surface area contributed by atoms with Crippen molar-refractivity contribution in [2.24, 2.45) is 5.73 Å². The summed E-state index contributed by atoms with van der Waals surface area (Å²) in [6.45, 7) is 0. The highest BCUT2D eigenvalue weighted by atomic mass is 35.5. The fraction of sp³-hybridized carbons (Fsp3) is 0.562. The van der Waals surface area contributed by atoms with E-state index in [9.17, 15) is 13.2 Å². The molecule has 1 amide bonds. The van der Waals surface area contributed by atoms with Crippen molar-refractivity contribution in [1.29, 1.82) is 0 Å². The zero-order valence-corrected chi connectivity index (χ0v) is 15.1. The van der Waals surface area contributed by atoms with Crippen molar-refractivity contribution in [3.8, 4) is 0 Å². The summed E-state index contributed by atoms with van der Waals surface area (Å²) in [5, 5.41) is 3.50. The van der Waals surface area contributed by atoms with E-state index in [1.165, 1.54) is 12.1 Å². The number of hydrogen-bond donors (Lipinski definition) is 3. The lowest BCUT2D eigenvalue weighted by Gasteiger charge is -2.52. The van der Waals surface area contributed by atoms with E-state index >= 15 is 0 Å². The Morgan fingerprint density at radius 3 is 2.29 bits per heavy atom. The predicted molar refractivity (Wildman–Crippen MR) is 94.7 cm³/mol. The molecule has 0 unspecified atom stereocenters. The van der Waals surface area contributed by atoms with E-state index in [1.807, 2.05) is 0 Å². The molecule has 24 heavy (non-hydrogen) atoms. The summed E-state index contributed by atoms with van der Waals surface area (Å²) >= 11 is 6.00. The second kappa shape index (κ2) is 5.89. The van der Waals surface area contributed by atoms with Crippen LogP contribution >= 0.6 is 11.6 Å². The minimum atomic E-state index is -3.49. The number of carbonyl (C=O) groups is 1. The van der Waals surface area contributed by atoms with Crippen LogP contribution < -0.4 is 15.8 Å². The van der Waals surface area contributed by atoms with Crippen LogP contribution in [0.4, 0.5) is 5.69 Å². The van der Waals surface area contributed by atoms with Crippen molar-refractivity contribution in [1.82, 2.24) is 5.32 Å². The molecule has 1 aromatic carbocycles. The highest BCUT2D eigenvalue weighted by molar-refractivity contribution is 7.92. The van der Waals surface area contributed by atoms with Crippen molar-refractivity contribution in [2.75, 3.05) is 11.0 Å². The summed E-state index contributed by atoms with van der Waals surface area (Å²) < 4.78 is 25.4. The number of amides is 1. The quantitative estimate of drug-likeness (QED) is 0.755. The zero-order chi connectivity index (χ0) is 17.6. The van der Waals surface area contributed by atoms with Gasteiger partial charge in [0.25, 0.3) is 5.91 Å². The normalized spacial score (nSPS) is 29.3. The molecule has 0 aromatic heterocycles. The Hall–Kier alpha value is -1.31. The van der Waals surface area contributed by atoms with Crippen LogP contribution in [0.5, 0.6) is 0 Å². The highest BCUT2D eigenvalue weighted by Gasteiger charge is 2.47. The predicted octanol–water partition coefficient (Wildman–Crippen LogP) is 2.25. The summed E-state index contributed by atoms with van der Waals surface area (Å²) in [6, 6.07) is 4.54. The van der Waals surface area contributed by atoms with Crippen LogP contribution in [0.15, 0.2) is 18.2 Å². The van der Waals surface area contributed by atoms with Gasteiger partial charge in [-0.3, -0.25) is 9.52 Å². The fourth-order valence-electron chi connectivity index (χ4n) is 3.70. The van der Waals surface area contributed by atoms with Crippen molar-refractivity contribution in [3.05, 3.63) is 28.8 Å². The number of carbonyl (C=O) groups excluding carboxylic acids is 1. The third kappa shape index (κ3) is 3.68. The first-order valence-electron chi connectivity index (χ1n) is 7.99. The van der Waals surface area contributed by atoms with E-state index in [0.29, 0.717) is 5.02 Å². The Morgan fingerprint density at radius 2 is 1.75 bits per heavy atom. The monoisotopic (exact) mass is 371 g/mol. The second-order valence-corrected chi connectivity index (χ2v) is 9.35. The largest absolute Gasteiger partial charge is 0.347 e. The van der Waals surface area contributed by atoms with Gasteiger partial charge in [0.2, 0.25) is 10.0 Å². The molecule has 0 atom stereocenters. The number of fused-ring (bicyclic) bond motifs is 3. The van der Waals surface area contributed by atoms with E-state index in [1.54, 1.807) is 6.07 Å². The summed E-state index contributed by atoms with van der Waals surface area (Å²) in [5.74, 6) is -0.310. The van der Waals surface area contributed by atoms with Gasteiger partial charge in [0.05, 0.1) is 17.5 Å². The number of nitrogens with one attached hydrogen (secondary N) is 2. The van der Waals surface area contributed by atoms with Crippen LogP contribution in [0.1, 0.15) is 48.9 Å². The Balaban J connectivity index is 1.84. The van der Waals surface area contributed by atoms with Crippen LogP contribution in [0, 0.1) is 0 Å². The molecule has 4 N–H and O–H groups in total. The molecule has 8 heteroatoms. The minimum Gasteiger partial charge on any atom is -0.347 e. The van der Waals surface area contributed by atoms with Gasteiger partial charge >= 0.3 is 0 Å². The van der Waals surface area contributed by atoms with Crippen molar-refractivity contribution in [3.63, 3.8) is 0 Å². The van der Waals surface area contributed by atoms with E-state index in [4.69, 9.17) is 17.3 Å². The van der Waals surface area contributed by atoms with Gasteiger partial charge in [0.1, 0.15) is 0 Å². The molecule has 3 aliphatic carbocycles. The Labute approximate surface area is 147 Å². The smallest absolute Gasteiger partial charge is 0.253 e. The average Bonchev–Trinajstić information content (AvgIpc) is 2.49. The third-order valence-electron chi connectivity index (χ3n) is 5.20. The summed E-state index contributed by atoms with van der Waals surface area (Å²) in [5.41, 5.74) is 6.44. The maximum Gasteiger partial charge on any atom is 0.253 e. The van der Waals surface area contributed by atoms with E-state index in [2.05, 4.69) is 10.0 Å². The van der Waals surface area contributed by atoms with Gasteiger partial charge in [0.15, 0.2) is 0 Å². The standard InChI is InChI=1S/C16H22ClN3O3S/c1-24(22,23)20-13-3-2-11(17)10-12(13)14(21)19-16-7-4-15(18,5-8-16)6-9-16/h2-3,10,20H,4-9,18H2,1H3,(H,19,21). The Kier molecular flexibility index (Phi) is 4.30. The molecule has 1 aromatic rings. The van der Waals surface area contributed by atoms with Crippen molar-refractivity contribution < 1.29 is 13.2 Å². The molecule has 2 bridgehead atoms. The van der Waals surface area contributed by atoms with Crippen molar-refractivity contribution >= 4 is 33.2 Å². The molecule has 3 fully saturated rings. The molecule has 0 spiro atoms. The summed E-state index contributed by atoms with van der Waals surface area (Å²) in [6.07, 6.45) is 6.30. The average molecular weight is 372 g/mol. The third-order valence-corrected chi connectivity index (χ3v) is 6.03. The van der Waals surface area contributed by atoms with Crippen LogP contribution in [0.2, 0.25) is 5.02 Å². The lowest BCUT2D eigenvalue weighted by molar-refractivity contribution is 0.0629. The molecule has 6 nitrogen and oxygen atoms in total. The fourth-order valence-corrected chi connectivity index (χ4v) is 4.45. The lowest BCUT2D eigenvalue weighted by Crippen LogP contribution is -2.61. The molecule has 0 saturated heterocycles. The Bertz CT molecular complexity index is 754. The molecule has 0 radical (unpaired) electrons. The molecule has 3 aliphatic rings. The number of anilines is 1. The van der Waals surface area contributed by atoms with Crippen LogP contribution in [0.3, 0.4) is 0 Å². The van der Waals surface area contributed by atoms with Gasteiger partial charge in [-0.15, -0.1) is 0 Å². The van der Waals surface area contributed by atoms with Crippen LogP contribution in [0.25, 0.3) is 0 Å². The first kappa shape index (κ1) is 17.5. The van der Waals surface area contributed by atoms with Crippen LogP contribution in [-0.2, 0) is 10.0 Å². The van der Waals surface area contributed by atoms with Gasteiger partial charge in [-0.25, -0.2) is 8.42 Å². The van der Waals surface area contributed by atoms with Gasteiger partial charge in [0, 0.05) is 16.1 Å². The number of halogens is 1. The van der Waals surface area contributed by atoms with Gasteiger partial charge in [-0.1, -0.05) is 11.6 Å². The summed E-state index contributed by atoms with van der Waals surface area (Å²) in [4.78, 5) is 12.8. The first-order chi connectivity index (χ1) is 11.1. The van der Waals surface area contributed by atoms with Crippen LogP contribution in [-0.4, -0.2) is 31.7 Å². The summed E-state index contributed by atoms with van der Waals surface area (Å²) in [7, 11) is -3.49. The van der Waals surface area contributed by atoms with E-state index in [-0.39, 0.29) is 28.2 Å². The molecular formula is C16H22ClN3O3S. The maximum absolute atomic E-state index is 12.8. The van der Waals surface area contributed by atoms with E-state index < -0.39 is 10.0 Å². The topological polar surface area (TPSA) is 101 Å². The SMILES string of the molecule is CS(=O)(=O)Nc1ccc(Cl)cc1C(=O)NC12CCC(N)(CC1)CC2. The zero-order valence-electron chi connectivity index (χ0n) is 13.6. The van der Waals surface area contributed by atoms with Gasteiger partial charge < -0.3 is 11.1 Å². The number of hydrogen-bond acceptors (Lipinski definition) is 4. The second-order valence-electron chi connectivity index (χ2n) is 7.16. The maximum atomic E-state index is 12.8. The number of benzene rings is 1. The van der Waals surface area contributed by atoms with Gasteiger partial charge in [-0.05, 0) is 56.7 Å². The molecular weight excluding hydrogens is 350 g/mol. The van der Waals surface area contributed by atoms with Gasteiger partial charge in [-0.2, -0.15) is 0 Å². The van der Waals surface area contributed by atoms with E-state index in [0.717, 1.165) is 44.8 Å². The highest BCUT2D eigenvalue weighted by Crippen LogP contribution is 2.45. The number of sulfonamides is 1. The molecule has 132 valence electrons.